The third-order valence-corrected chi connectivity index (χ3v) is 3.88. The Labute approximate surface area is 119 Å². The zero-order valence-electron chi connectivity index (χ0n) is 11.8. The van der Waals surface area contributed by atoms with Crippen molar-refractivity contribution in [2.75, 3.05) is 7.11 Å². The van der Waals surface area contributed by atoms with Gasteiger partial charge < -0.3 is 4.57 Å². The van der Waals surface area contributed by atoms with Crippen LogP contribution >= 0.6 is 0 Å². The van der Waals surface area contributed by atoms with Crippen molar-refractivity contribution in [1.82, 2.24) is 9.55 Å². The maximum Gasteiger partial charge on any atom is 0.296 e. The molecule has 2 aromatic rings. The van der Waals surface area contributed by atoms with Crippen molar-refractivity contribution >= 4 is 16.3 Å². The molecular weight excluding hydrogens is 276 g/mol. The third-order valence-electron chi connectivity index (χ3n) is 2.59. The van der Waals surface area contributed by atoms with Gasteiger partial charge in [-0.1, -0.05) is 24.3 Å². The van der Waals surface area contributed by atoms with E-state index in [0.29, 0.717) is 0 Å². The number of benzene rings is 1. The average molecular weight is 294 g/mol. The van der Waals surface area contributed by atoms with Crippen LogP contribution in [-0.4, -0.2) is 25.1 Å². The molecule has 0 saturated heterocycles. The SMILES string of the molecule is C=Cn1ccnc1C.COS(=O)(=O)c1ccc(C)cc1. The lowest BCUT2D eigenvalue weighted by Crippen LogP contribution is -2.02. The van der Waals surface area contributed by atoms with E-state index in [-0.39, 0.29) is 4.90 Å². The van der Waals surface area contributed by atoms with Crippen molar-refractivity contribution in [1.29, 1.82) is 0 Å². The molecule has 0 saturated carbocycles. The molecule has 0 amide bonds. The number of hydrogen-bond acceptors (Lipinski definition) is 4. The predicted octanol–water partition coefficient (Wildman–Crippen LogP) is 2.62. The second kappa shape index (κ2) is 7.02. The number of aromatic nitrogens is 2. The van der Waals surface area contributed by atoms with Gasteiger partial charge in [-0.15, -0.1) is 0 Å². The van der Waals surface area contributed by atoms with Crippen LogP contribution in [0.15, 0.2) is 48.1 Å². The van der Waals surface area contributed by atoms with Crippen molar-refractivity contribution in [2.45, 2.75) is 18.7 Å². The van der Waals surface area contributed by atoms with Crippen molar-refractivity contribution < 1.29 is 12.6 Å². The fraction of sp³-hybridized carbons (Fsp3) is 0.214. The van der Waals surface area contributed by atoms with Crippen LogP contribution in [0.1, 0.15) is 11.4 Å². The molecule has 0 fully saturated rings. The summed E-state index contributed by atoms with van der Waals surface area (Å²) >= 11 is 0. The van der Waals surface area contributed by atoms with Crippen LogP contribution < -0.4 is 0 Å². The van der Waals surface area contributed by atoms with Crippen LogP contribution in [0.4, 0.5) is 0 Å². The van der Waals surface area contributed by atoms with E-state index in [4.69, 9.17) is 0 Å². The first kappa shape index (κ1) is 16.1. The number of hydrogen-bond donors (Lipinski definition) is 0. The average Bonchev–Trinajstić information content (AvgIpc) is 2.85. The second-order valence-corrected chi connectivity index (χ2v) is 5.71. The molecular formula is C14H18N2O3S. The predicted molar refractivity (Wildman–Crippen MR) is 78.7 cm³/mol. The minimum atomic E-state index is -3.51. The van der Waals surface area contributed by atoms with Gasteiger partial charge in [0, 0.05) is 18.6 Å². The van der Waals surface area contributed by atoms with Crippen LogP contribution in [0.3, 0.4) is 0 Å². The van der Waals surface area contributed by atoms with E-state index < -0.39 is 10.1 Å². The van der Waals surface area contributed by atoms with Crippen LogP contribution in [-0.2, 0) is 14.3 Å². The zero-order valence-corrected chi connectivity index (χ0v) is 12.6. The molecule has 0 bridgehead atoms. The highest BCUT2D eigenvalue weighted by Gasteiger charge is 2.10. The van der Waals surface area contributed by atoms with Crippen LogP contribution in [0, 0.1) is 13.8 Å². The van der Waals surface area contributed by atoms with E-state index in [1.165, 1.54) is 12.1 Å². The van der Waals surface area contributed by atoms with E-state index >= 15 is 0 Å². The van der Waals surface area contributed by atoms with Crippen LogP contribution in [0.2, 0.25) is 0 Å². The highest BCUT2D eigenvalue weighted by atomic mass is 32.2. The molecule has 0 radical (unpaired) electrons. The largest absolute Gasteiger partial charge is 0.311 e. The number of nitrogens with zero attached hydrogens (tertiary/aromatic N) is 2. The van der Waals surface area contributed by atoms with Gasteiger partial charge in [0.25, 0.3) is 10.1 Å². The van der Waals surface area contributed by atoms with Gasteiger partial charge in [0.05, 0.1) is 12.0 Å². The van der Waals surface area contributed by atoms with Crippen molar-refractivity contribution in [3.8, 4) is 0 Å². The molecule has 1 aromatic heterocycles. The van der Waals surface area contributed by atoms with Crippen LogP contribution in [0.5, 0.6) is 0 Å². The van der Waals surface area contributed by atoms with E-state index in [0.717, 1.165) is 18.5 Å². The first-order chi connectivity index (χ1) is 9.40. The Balaban J connectivity index is 0.000000217. The fourth-order valence-corrected chi connectivity index (χ4v) is 2.04. The summed E-state index contributed by atoms with van der Waals surface area (Å²) in [4.78, 5) is 4.17. The first-order valence-electron chi connectivity index (χ1n) is 5.90. The highest BCUT2D eigenvalue weighted by Crippen LogP contribution is 2.11. The van der Waals surface area contributed by atoms with Crippen molar-refractivity contribution in [2.24, 2.45) is 0 Å². The topological polar surface area (TPSA) is 61.2 Å². The van der Waals surface area contributed by atoms with Gasteiger partial charge in [-0.3, -0.25) is 4.18 Å². The minimum Gasteiger partial charge on any atom is -0.311 e. The monoisotopic (exact) mass is 294 g/mol. The summed E-state index contributed by atoms with van der Waals surface area (Å²) in [5.74, 6) is 0.972. The molecule has 0 spiro atoms. The second-order valence-electron chi connectivity index (χ2n) is 4.00. The number of aryl methyl sites for hydroxylation is 2. The van der Waals surface area contributed by atoms with Crippen LogP contribution in [0.25, 0.3) is 6.20 Å². The number of rotatable bonds is 3. The normalized spacial score (nSPS) is 10.6. The van der Waals surface area contributed by atoms with Gasteiger partial charge in [-0.05, 0) is 26.0 Å². The summed E-state index contributed by atoms with van der Waals surface area (Å²) in [6.07, 6.45) is 5.34. The van der Waals surface area contributed by atoms with Gasteiger partial charge in [0.2, 0.25) is 0 Å². The molecule has 2 rings (SSSR count). The number of imidazole rings is 1. The third kappa shape index (κ3) is 4.32. The summed E-state index contributed by atoms with van der Waals surface area (Å²) in [5.41, 5.74) is 1.02. The summed E-state index contributed by atoms with van der Waals surface area (Å²) in [5, 5.41) is 0. The molecule has 1 aromatic carbocycles. The molecule has 1 heterocycles. The van der Waals surface area contributed by atoms with Gasteiger partial charge >= 0.3 is 0 Å². The Hall–Kier alpha value is -1.92. The molecule has 0 aliphatic heterocycles. The summed E-state index contributed by atoms with van der Waals surface area (Å²) in [6, 6.07) is 6.50. The lowest BCUT2D eigenvalue weighted by Gasteiger charge is -2.00. The Kier molecular flexibility index (Phi) is 5.66. The fourth-order valence-electron chi connectivity index (χ4n) is 1.38. The van der Waals surface area contributed by atoms with Gasteiger partial charge in [-0.2, -0.15) is 8.42 Å². The van der Waals surface area contributed by atoms with Gasteiger partial charge in [0.15, 0.2) is 0 Å². The quantitative estimate of drug-likeness (QED) is 0.816. The lowest BCUT2D eigenvalue weighted by molar-refractivity contribution is 0.398. The summed E-state index contributed by atoms with van der Waals surface area (Å²) < 4.78 is 28.4. The van der Waals surface area contributed by atoms with E-state index in [1.54, 1.807) is 24.5 Å². The lowest BCUT2D eigenvalue weighted by atomic mass is 10.2. The summed E-state index contributed by atoms with van der Waals surface area (Å²) in [7, 11) is -2.37. The maximum atomic E-state index is 11.1. The molecule has 0 N–H and O–H groups in total. The highest BCUT2D eigenvalue weighted by molar-refractivity contribution is 7.86. The molecule has 0 unspecified atom stereocenters. The molecule has 108 valence electrons. The Bertz CT molecular complexity index is 658. The zero-order chi connectivity index (χ0) is 15.2. The molecule has 20 heavy (non-hydrogen) atoms. The first-order valence-corrected chi connectivity index (χ1v) is 7.31. The molecule has 0 aliphatic carbocycles. The smallest absolute Gasteiger partial charge is 0.296 e. The standard InChI is InChI=1S/C8H10O3S.C6H8N2/c1-7-3-5-8(6-4-7)12(9,10)11-2;1-3-8-5-4-7-6(8)2/h3-6H,1-2H3;3-5H,1H2,2H3. The van der Waals surface area contributed by atoms with Crippen molar-refractivity contribution in [3.05, 3.63) is 54.6 Å². The van der Waals surface area contributed by atoms with Gasteiger partial charge in [0.1, 0.15) is 5.82 Å². The molecule has 0 atom stereocenters. The Morgan fingerprint density at radius 2 is 1.85 bits per heavy atom. The van der Waals surface area contributed by atoms with Gasteiger partial charge in [-0.25, -0.2) is 4.98 Å². The Morgan fingerprint density at radius 3 is 2.20 bits per heavy atom. The minimum absolute atomic E-state index is 0.190. The Morgan fingerprint density at radius 1 is 1.25 bits per heavy atom. The molecule has 6 heteroatoms. The van der Waals surface area contributed by atoms with Crippen molar-refractivity contribution in [3.63, 3.8) is 0 Å². The van der Waals surface area contributed by atoms with E-state index in [1.807, 2.05) is 24.6 Å². The van der Waals surface area contributed by atoms with E-state index in [2.05, 4.69) is 15.7 Å². The maximum absolute atomic E-state index is 11.1. The summed E-state index contributed by atoms with van der Waals surface area (Å²) in [6.45, 7) is 7.41. The molecule has 0 aliphatic rings. The molecule has 5 nitrogen and oxygen atoms in total. The van der Waals surface area contributed by atoms with E-state index in [9.17, 15) is 8.42 Å².